The van der Waals surface area contributed by atoms with E-state index in [1.54, 1.807) is 18.2 Å². The summed E-state index contributed by atoms with van der Waals surface area (Å²) < 4.78 is 0. The second-order valence-corrected chi connectivity index (χ2v) is 4.14. The Morgan fingerprint density at radius 2 is 2.12 bits per heavy atom. The third-order valence-corrected chi connectivity index (χ3v) is 2.83. The van der Waals surface area contributed by atoms with Gasteiger partial charge in [-0.3, -0.25) is 19.9 Å². The number of amides is 2. The van der Waals surface area contributed by atoms with Gasteiger partial charge in [-0.15, -0.1) is 0 Å². The lowest BCUT2D eigenvalue weighted by Crippen LogP contribution is -2.23. The quantitative estimate of drug-likeness (QED) is 0.754. The monoisotopic (exact) mass is 236 g/mol. The van der Waals surface area contributed by atoms with Crippen LogP contribution in [0.1, 0.15) is 5.56 Å². The standard InChI is InChI=1S/C10H8N2O3S/c13-7-4-2-1-3-6(7)5-11-9-8(14)12-10(15)16-9/h1-5,9,13H,(H,12,14,15). The van der Waals surface area contributed by atoms with Gasteiger partial charge in [0, 0.05) is 11.8 Å². The lowest BCUT2D eigenvalue weighted by atomic mass is 10.2. The number of nitrogens with zero attached hydrogens (tertiary/aromatic N) is 1. The average molecular weight is 236 g/mol. The minimum atomic E-state index is -0.757. The van der Waals surface area contributed by atoms with Crippen LogP contribution in [0, 0.1) is 0 Å². The molecule has 1 aromatic rings. The first kappa shape index (κ1) is 10.7. The number of hydrogen-bond donors (Lipinski definition) is 2. The van der Waals surface area contributed by atoms with Crippen LogP contribution in [0.5, 0.6) is 5.75 Å². The molecule has 1 saturated heterocycles. The van der Waals surface area contributed by atoms with Gasteiger partial charge >= 0.3 is 0 Å². The van der Waals surface area contributed by atoms with E-state index < -0.39 is 16.5 Å². The van der Waals surface area contributed by atoms with E-state index in [9.17, 15) is 14.7 Å². The third kappa shape index (κ3) is 2.22. The van der Waals surface area contributed by atoms with Crippen LogP contribution in [0.3, 0.4) is 0 Å². The molecule has 1 heterocycles. The highest BCUT2D eigenvalue weighted by atomic mass is 32.2. The molecule has 0 saturated carbocycles. The largest absolute Gasteiger partial charge is 0.507 e. The van der Waals surface area contributed by atoms with Gasteiger partial charge in [0.25, 0.3) is 11.1 Å². The molecule has 6 heteroatoms. The first-order chi connectivity index (χ1) is 7.66. The maximum atomic E-state index is 11.2. The van der Waals surface area contributed by atoms with Gasteiger partial charge in [-0.05, 0) is 23.9 Å². The first-order valence-corrected chi connectivity index (χ1v) is 5.37. The van der Waals surface area contributed by atoms with Crippen LogP contribution in [-0.2, 0) is 4.79 Å². The predicted octanol–water partition coefficient (Wildman–Crippen LogP) is 1.12. The zero-order valence-corrected chi connectivity index (χ0v) is 8.90. The van der Waals surface area contributed by atoms with Crippen molar-refractivity contribution >= 4 is 29.1 Å². The van der Waals surface area contributed by atoms with Crippen LogP contribution in [0.25, 0.3) is 0 Å². The molecule has 1 aliphatic heterocycles. The minimum Gasteiger partial charge on any atom is -0.507 e. The van der Waals surface area contributed by atoms with Crippen LogP contribution in [0.4, 0.5) is 4.79 Å². The summed E-state index contributed by atoms with van der Waals surface area (Å²) in [6, 6.07) is 6.62. The number of aromatic hydroxyl groups is 1. The third-order valence-electron chi connectivity index (χ3n) is 1.95. The lowest BCUT2D eigenvalue weighted by Gasteiger charge is -1.98. The summed E-state index contributed by atoms with van der Waals surface area (Å²) in [5, 5.41) is 10.4. The number of nitrogens with one attached hydrogen (secondary N) is 1. The second-order valence-electron chi connectivity index (χ2n) is 3.08. The summed E-state index contributed by atoms with van der Waals surface area (Å²) in [4.78, 5) is 25.9. The molecule has 1 unspecified atom stereocenters. The molecule has 0 bridgehead atoms. The molecule has 1 atom stereocenters. The van der Waals surface area contributed by atoms with E-state index in [4.69, 9.17) is 0 Å². The van der Waals surface area contributed by atoms with Crippen LogP contribution in [0.2, 0.25) is 0 Å². The number of phenolic OH excluding ortho intramolecular Hbond substituents is 1. The van der Waals surface area contributed by atoms with Crippen molar-refractivity contribution in [1.29, 1.82) is 0 Å². The Labute approximate surface area is 95.6 Å². The van der Waals surface area contributed by atoms with Gasteiger partial charge in [-0.2, -0.15) is 0 Å². The molecule has 2 amide bonds. The van der Waals surface area contributed by atoms with Crippen molar-refractivity contribution in [2.75, 3.05) is 0 Å². The molecule has 1 aliphatic rings. The molecule has 5 nitrogen and oxygen atoms in total. The van der Waals surface area contributed by atoms with Gasteiger partial charge in [0.2, 0.25) is 0 Å². The summed E-state index contributed by atoms with van der Waals surface area (Å²) in [6.45, 7) is 0. The Bertz CT molecular complexity index is 473. The smallest absolute Gasteiger partial charge is 0.288 e. The Hall–Kier alpha value is -1.82. The van der Waals surface area contributed by atoms with Crippen LogP contribution >= 0.6 is 11.8 Å². The van der Waals surface area contributed by atoms with E-state index in [-0.39, 0.29) is 5.75 Å². The van der Waals surface area contributed by atoms with E-state index in [1.165, 1.54) is 12.3 Å². The zero-order valence-electron chi connectivity index (χ0n) is 8.08. The van der Waals surface area contributed by atoms with Crippen LogP contribution in [-0.4, -0.2) is 27.8 Å². The SMILES string of the molecule is O=C1NC(=O)C(N=Cc2ccccc2O)S1. The van der Waals surface area contributed by atoms with Gasteiger partial charge in [0.1, 0.15) is 5.75 Å². The van der Waals surface area contributed by atoms with Crippen molar-refractivity contribution in [3.8, 4) is 5.75 Å². The lowest BCUT2D eigenvalue weighted by molar-refractivity contribution is -0.118. The van der Waals surface area contributed by atoms with Gasteiger partial charge in [0.05, 0.1) is 0 Å². The molecular formula is C10H8N2O3S. The van der Waals surface area contributed by atoms with Crippen LogP contribution in [0.15, 0.2) is 29.3 Å². The average Bonchev–Trinajstić information content (AvgIpc) is 2.56. The Balaban J connectivity index is 2.13. The zero-order chi connectivity index (χ0) is 11.5. The van der Waals surface area contributed by atoms with E-state index in [2.05, 4.69) is 10.3 Å². The number of imide groups is 1. The molecule has 82 valence electrons. The number of carbonyl (C=O) groups excluding carboxylic acids is 2. The van der Waals surface area contributed by atoms with E-state index in [1.807, 2.05) is 0 Å². The van der Waals surface area contributed by atoms with Gasteiger partial charge in [-0.25, -0.2) is 0 Å². The van der Waals surface area contributed by atoms with E-state index in [0.29, 0.717) is 5.56 Å². The fourth-order valence-electron chi connectivity index (χ4n) is 1.19. The molecule has 1 fully saturated rings. The van der Waals surface area contributed by atoms with Crippen LogP contribution < -0.4 is 5.32 Å². The molecule has 0 spiro atoms. The van der Waals surface area contributed by atoms with Gasteiger partial charge in [0.15, 0.2) is 5.37 Å². The van der Waals surface area contributed by atoms with Crippen molar-refractivity contribution in [2.45, 2.75) is 5.37 Å². The Morgan fingerprint density at radius 1 is 1.38 bits per heavy atom. The number of thioether (sulfide) groups is 1. The van der Waals surface area contributed by atoms with Crippen molar-refractivity contribution in [3.05, 3.63) is 29.8 Å². The van der Waals surface area contributed by atoms with Gasteiger partial charge in [-0.1, -0.05) is 12.1 Å². The highest BCUT2D eigenvalue weighted by Crippen LogP contribution is 2.20. The number of benzene rings is 1. The summed E-state index contributed by atoms with van der Waals surface area (Å²) in [7, 11) is 0. The maximum absolute atomic E-state index is 11.2. The molecule has 2 N–H and O–H groups in total. The number of carbonyl (C=O) groups is 2. The topological polar surface area (TPSA) is 78.8 Å². The Kier molecular flexibility index (Phi) is 2.91. The predicted molar refractivity (Wildman–Crippen MR) is 60.6 cm³/mol. The van der Waals surface area contributed by atoms with Crippen molar-refractivity contribution in [1.82, 2.24) is 5.32 Å². The second kappa shape index (κ2) is 4.36. The molecule has 0 radical (unpaired) electrons. The maximum Gasteiger partial charge on any atom is 0.288 e. The first-order valence-electron chi connectivity index (χ1n) is 4.49. The van der Waals surface area contributed by atoms with Crippen molar-refractivity contribution in [2.24, 2.45) is 4.99 Å². The summed E-state index contributed by atoms with van der Waals surface area (Å²) in [5.74, 6) is -0.345. The fourth-order valence-corrected chi connectivity index (χ4v) is 1.84. The number of hydrogen-bond acceptors (Lipinski definition) is 5. The summed E-state index contributed by atoms with van der Waals surface area (Å²) >= 11 is 0.820. The fraction of sp³-hybridized carbons (Fsp3) is 0.100. The molecule has 16 heavy (non-hydrogen) atoms. The number of aliphatic imine (C=N–C) groups is 1. The van der Waals surface area contributed by atoms with Crippen molar-refractivity contribution in [3.63, 3.8) is 0 Å². The number of rotatable bonds is 2. The normalized spacial score (nSPS) is 20.4. The minimum absolute atomic E-state index is 0.0842. The number of phenols is 1. The number of para-hydroxylation sites is 1. The summed E-state index contributed by atoms with van der Waals surface area (Å²) in [6.07, 6.45) is 1.38. The van der Waals surface area contributed by atoms with E-state index >= 15 is 0 Å². The van der Waals surface area contributed by atoms with E-state index in [0.717, 1.165) is 11.8 Å². The molecule has 0 aliphatic carbocycles. The molecule has 2 rings (SSSR count). The molecule has 1 aromatic carbocycles. The van der Waals surface area contributed by atoms with Crippen molar-refractivity contribution < 1.29 is 14.7 Å². The highest BCUT2D eigenvalue weighted by molar-refractivity contribution is 8.15. The molecular weight excluding hydrogens is 228 g/mol. The highest BCUT2D eigenvalue weighted by Gasteiger charge is 2.30. The van der Waals surface area contributed by atoms with Gasteiger partial charge < -0.3 is 5.11 Å². The molecule has 0 aromatic heterocycles. The summed E-state index contributed by atoms with van der Waals surface area (Å²) in [5.41, 5.74) is 0.509. The Morgan fingerprint density at radius 3 is 2.75 bits per heavy atom.